The van der Waals surface area contributed by atoms with Gasteiger partial charge in [-0.1, -0.05) is 37.3 Å². The van der Waals surface area contributed by atoms with Crippen LogP contribution in [-0.2, 0) is 19.6 Å². The van der Waals surface area contributed by atoms with Gasteiger partial charge in [0.25, 0.3) is 0 Å². The number of sulfonamides is 1. The second-order valence-electron chi connectivity index (χ2n) is 7.46. The van der Waals surface area contributed by atoms with Gasteiger partial charge in [0.05, 0.1) is 23.0 Å². The van der Waals surface area contributed by atoms with Crippen LogP contribution >= 0.6 is 0 Å². The predicted octanol–water partition coefficient (Wildman–Crippen LogP) is 3.62. The van der Waals surface area contributed by atoms with Crippen LogP contribution in [0.1, 0.15) is 38.7 Å². The van der Waals surface area contributed by atoms with Crippen molar-refractivity contribution in [2.24, 2.45) is 0 Å². The first-order valence-corrected chi connectivity index (χ1v) is 11.4. The van der Waals surface area contributed by atoms with E-state index < -0.39 is 10.0 Å². The lowest BCUT2D eigenvalue weighted by Crippen LogP contribution is -2.48. The lowest BCUT2D eigenvalue weighted by atomic mass is 9.95. The highest BCUT2D eigenvalue weighted by Crippen LogP contribution is 2.24. The Morgan fingerprint density at radius 2 is 1.66 bits per heavy atom. The maximum atomic E-state index is 12.9. The molecule has 1 amide bonds. The topological polar surface area (TPSA) is 75.7 Å². The standard InChI is InChI=1S/C22H28N2O4S/c1-4-21(18-8-6-5-7-9-18)22(25)23-19-10-12-20(13-11-19)29(26,27)24-14-16(2)28-17(3)15-24/h5-13,16-17,21H,4,14-15H2,1-3H3,(H,23,25)/t16-,17+,21-/m0/s1. The molecule has 6 nitrogen and oxygen atoms in total. The molecular weight excluding hydrogens is 388 g/mol. The summed E-state index contributed by atoms with van der Waals surface area (Å²) in [5, 5.41) is 2.90. The van der Waals surface area contributed by atoms with Crippen LogP contribution in [0.4, 0.5) is 5.69 Å². The Labute approximate surface area is 172 Å². The summed E-state index contributed by atoms with van der Waals surface area (Å²) in [6, 6.07) is 16.0. The molecule has 1 saturated heterocycles. The number of amides is 1. The molecule has 2 aromatic rings. The monoisotopic (exact) mass is 416 g/mol. The number of hydrogen-bond donors (Lipinski definition) is 1. The third kappa shape index (κ3) is 5.04. The number of rotatable bonds is 6. The Hall–Kier alpha value is -2.22. The number of carbonyl (C=O) groups excluding carboxylic acids is 1. The Bertz CT molecular complexity index is 919. The van der Waals surface area contributed by atoms with E-state index in [4.69, 9.17) is 4.74 Å². The molecule has 0 spiro atoms. The Morgan fingerprint density at radius 3 is 2.21 bits per heavy atom. The largest absolute Gasteiger partial charge is 0.373 e. The van der Waals surface area contributed by atoms with Gasteiger partial charge < -0.3 is 10.1 Å². The molecular formula is C22H28N2O4S. The zero-order valence-corrected chi connectivity index (χ0v) is 17.9. The molecule has 0 radical (unpaired) electrons. The third-order valence-electron chi connectivity index (χ3n) is 5.07. The normalized spacial score (nSPS) is 21.5. The van der Waals surface area contributed by atoms with E-state index in [-0.39, 0.29) is 28.9 Å². The van der Waals surface area contributed by atoms with Crippen molar-refractivity contribution in [1.82, 2.24) is 4.31 Å². The molecule has 1 aliphatic heterocycles. The number of carbonyl (C=O) groups is 1. The van der Waals surface area contributed by atoms with Crippen molar-refractivity contribution in [3.05, 3.63) is 60.2 Å². The zero-order chi connectivity index (χ0) is 21.0. The average molecular weight is 417 g/mol. The van der Waals surface area contributed by atoms with Crippen LogP contribution < -0.4 is 5.32 Å². The lowest BCUT2D eigenvalue weighted by Gasteiger charge is -2.34. The first kappa shape index (κ1) is 21.5. The van der Waals surface area contributed by atoms with E-state index in [1.807, 2.05) is 51.1 Å². The molecule has 0 unspecified atom stereocenters. The first-order chi connectivity index (χ1) is 13.8. The van der Waals surface area contributed by atoms with Gasteiger partial charge in [-0.05, 0) is 50.1 Å². The van der Waals surface area contributed by atoms with Gasteiger partial charge in [-0.2, -0.15) is 4.31 Å². The minimum Gasteiger partial charge on any atom is -0.373 e. The number of anilines is 1. The zero-order valence-electron chi connectivity index (χ0n) is 17.0. The second-order valence-corrected chi connectivity index (χ2v) is 9.40. The summed E-state index contributed by atoms with van der Waals surface area (Å²) in [6.45, 7) is 6.37. The van der Waals surface area contributed by atoms with Crippen LogP contribution in [0.15, 0.2) is 59.5 Å². The van der Waals surface area contributed by atoms with Gasteiger partial charge in [-0.25, -0.2) is 8.42 Å². The van der Waals surface area contributed by atoms with Gasteiger partial charge >= 0.3 is 0 Å². The summed E-state index contributed by atoms with van der Waals surface area (Å²) < 4.78 is 33.0. The number of nitrogens with one attached hydrogen (secondary N) is 1. The van der Waals surface area contributed by atoms with Crippen LogP contribution in [0.2, 0.25) is 0 Å². The maximum absolute atomic E-state index is 12.9. The quantitative estimate of drug-likeness (QED) is 0.780. The molecule has 1 N–H and O–H groups in total. The van der Waals surface area contributed by atoms with E-state index >= 15 is 0 Å². The number of nitrogens with zero attached hydrogens (tertiary/aromatic N) is 1. The van der Waals surface area contributed by atoms with Gasteiger partial charge in [0.2, 0.25) is 15.9 Å². The van der Waals surface area contributed by atoms with Crippen LogP contribution in [0, 0.1) is 0 Å². The van der Waals surface area contributed by atoms with Gasteiger partial charge in [-0.15, -0.1) is 0 Å². The van der Waals surface area contributed by atoms with E-state index in [0.29, 0.717) is 25.2 Å². The molecule has 156 valence electrons. The molecule has 2 aromatic carbocycles. The van der Waals surface area contributed by atoms with Crippen molar-refractivity contribution in [2.75, 3.05) is 18.4 Å². The van der Waals surface area contributed by atoms with Crippen molar-refractivity contribution in [1.29, 1.82) is 0 Å². The summed E-state index contributed by atoms with van der Waals surface area (Å²) in [7, 11) is -3.60. The third-order valence-corrected chi connectivity index (χ3v) is 6.92. The molecule has 0 aliphatic carbocycles. The van der Waals surface area contributed by atoms with Crippen LogP contribution in [0.3, 0.4) is 0 Å². The van der Waals surface area contributed by atoms with Crippen molar-refractivity contribution in [3.8, 4) is 0 Å². The fraction of sp³-hybridized carbons (Fsp3) is 0.409. The fourth-order valence-electron chi connectivity index (χ4n) is 3.67. The average Bonchev–Trinajstić information content (AvgIpc) is 2.69. The highest BCUT2D eigenvalue weighted by Gasteiger charge is 2.32. The molecule has 3 rings (SSSR count). The number of morpholine rings is 1. The van der Waals surface area contributed by atoms with E-state index in [2.05, 4.69) is 5.32 Å². The van der Waals surface area contributed by atoms with E-state index in [1.165, 1.54) is 4.31 Å². The summed E-state index contributed by atoms with van der Waals surface area (Å²) in [5.74, 6) is -0.360. The van der Waals surface area contributed by atoms with Crippen molar-refractivity contribution >= 4 is 21.6 Å². The molecule has 1 fully saturated rings. The van der Waals surface area contributed by atoms with E-state index in [9.17, 15) is 13.2 Å². The molecule has 3 atom stereocenters. The SMILES string of the molecule is CC[C@H](C(=O)Nc1ccc(S(=O)(=O)N2C[C@@H](C)O[C@@H](C)C2)cc1)c1ccccc1. The Morgan fingerprint density at radius 1 is 1.07 bits per heavy atom. The van der Waals surface area contributed by atoms with E-state index in [1.54, 1.807) is 24.3 Å². The number of hydrogen-bond acceptors (Lipinski definition) is 4. The molecule has 1 heterocycles. The van der Waals surface area contributed by atoms with Crippen LogP contribution in [0.25, 0.3) is 0 Å². The Kier molecular flexibility index (Phi) is 6.72. The molecule has 7 heteroatoms. The minimum absolute atomic E-state index is 0.106. The molecule has 1 aliphatic rings. The second kappa shape index (κ2) is 9.07. The maximum Gasteiger partial charge on any atom is 0.243 e. The van der Waals surface area contributed by atoms with Crippen LogP contribution in [-0.4, -0.2) is 43.9 Å². The molecule has 29 heavy (non-hydrogen) atoms. The minimum atomic E-state index is -3.60. The highest BCUT2D eigenvalue weighted by atomic mass is 32.2. The molecule has 0 bridgehead atoms. The first-order valence-electron chi connectivity index (χ1n) is 9.92. The Balaban J connectivity index is 1.72. The number of ether oxygens (including phenoxy) is 1. The summed E-state index contributed by atoms with van der Waals surface area (Å²) in [6.07, 6.45) is 0.391. The predicted molar refractivity (Wildman–Crippen MR) is 113 cm³/mol. The molecule has 0 saturated carbocycles. The van der Waals surface area contributed by atoms with Gasteiger partial charge in [0.1, 0.15) is 0 Å². The summed E-state index contributed by atoms with van der Waals surface area (Å²) in [4.78, 5) is 12.9. The van der Waals surface area contributed by atoms with E-state index in [0.717, 1.165) is 5.56 Å². The summed E-state index contributed by atoms with van der Waals surface area (Å²) >= 11 is 0. The number of benzene rings is 2. The lowest BCUT2D eigenvalue weighted by molar-refractivity contribution is -0.117. The van der Waals surface area contributed by atoms with Crippen molar-refractivity contribution < 1.29 is 17.9 Å². The molecule has 0 aromatic heterocycles. The smallest absolute Gasteiger partial charge is 0.243 e. The van der Waals surface area contributed by atoms with Crippen LogP contribution in [0.5, 0.6) is 0 Å². The van der Waals surface area contributed by atoms with Gasteiger partial charge in [-0.3, -0.25) is 4.79 Å². The summed E-state index contributed by atoms with van der Waals surface area (Å²) in [5.41, 5.74) is 1.54. The van der Waals surface area contributed by atoms with Gasteiger partial charge in [0.15, 0.2) is 0 Å². The van der Waals surface area contributed by atoms with Crippen molar-refractivity contribution in [2.45, 2.75) is 50.2 Å². The fourth-order valence-corrected chi connectivity index (χ4v) is 5.26. The van der Waals surface area contributed by atoms with Crippen molar-refractivity contribution in [3.63, 3.8) is 0 Å². The highest BCUT2D eigenvalue weighted by molar-refractivity contribution is 7.89. The van der Waals surface area contributed by atoms with Gasteiger partial charge in [0, 0.05) is 18.8 Å².